The number of hydrogen-bond acceptors (Lipinski definition) is 2. The van der Waals surface area contributed by atoms with Crippen LogP contribution in [0.15, 0.2) is 58.0 Å². The lowest BCUT2D eigenvalue weighted by atomic mass is 9.78. The molecule has 0 spiro atoms. The van der Waals surface area contributed by atoms with E-state index in [0.29, 0.717) is 11.1 Å². The maximum Gasteiger partial charge on any atom is 0.133 e. The molecule has 0 saturated carbocycles. The van der Waals surface area contributed by atoms with Crippen molar-refractivity contribution in [2.24, 2.45) is 0 Å². The van der Waals surface area contributed by atoms with Gasteiger partial charge in [-0.05, 0) is 67.3 Å². The quantitative estimate of drug-likeness (QED) is 0.612. The van der Waals surface area contributed by atoms with Crippen molar-refractivity contribution in [3.8, 4) is 11.5 Å². The van der Waals surface area contributed by atoms with Gasteiger partial charge >= 0.3 is 0 Å². The lowest BCUT2D eigenvalue weighted by molar-refractivity contribution is 0.360. The third-order valence-electron chi connectivity index (χ3n) is 3.68. The molecule has 0 amide bonds. The van der Waals surface area contributed by atoms with Gasteiger partial charge in [-0.2, -0.15) is 0 Å². The van der Waals surface area contributed by atoms with Crippen LogP contribution in [-0.2, 0) is 5.41 Å². The molecule has 0 saturated heterocycles. The Hall–Kier alpha value is -1.26. The number of phenolic OH excluding ortho intramolecular Hbond substituents is 1. The molecule has 2 aromatic rings. The zero-order valence-electron chi connectivity index (χ0n) is 12.6. The summed E-state index contributed by atoms with van der Waals surface area (Å²) < 4.78 is 7.20. The predicted octanol–water partition coefficient (Wildman–Crippen LogP) is 5.81. The van der Waals surface area contributed by atoms with E-state index in [-0.39, 0.29) is 11.2 Å². The van der Waals surface area contributed by atoms with Gasteiger partial charge in [0.2, 0.25) is 0 Å². The Morgan fingerprint density at radius 3 is 2.23 bits per heavy atom. The zero-order valence-corrected chi connectivity index (χ0v) is 15.7. The molecule has 2 rings (SSSR count). The molecule has 0 bridgehead atoms. The molecule has 4 heteroatoms. The fourth-order valence-electron chi connectivity index (χ4n) is 2.22. The van der Waals surface area contributed by atoms with Crippen LogP contribution in [-0.4, -0.2) is 11.7 Å². The summed E-state index contributed by atoms with van der Waals surface area (Å²) in [5, 5.41) is 9.66. The molecule has 0 atom stereocenters. The second-order valence-corrected chi connectivity index (χ2v) is 7.24. The summed E-state index contributed by atoms with van der Waals surface area (Å²) >= 11 is 6.94. The Bertz CT molecular complexity index is 693. The second-order valence-electron chi connectivity index (χ2n) is 5.54. The highest BCUT2D eigenvalue weighted by molar-refractivity contribution is 9.10. The molecule has 0 heterocycles. The van der Waals surface area contributed by atoms with Crippen molar-refractivity contribution in [1.29, 1.82) is 0 Å². The Labute approximate surface area is 148 Å². The molecular weight excluding hydrogens is 408 g/mol. The maximum atomic E-state index is 9.66. The van der Waals surface area contributed by atoms with E-state index in [1.807, 2.05) is 18.2 Å². The van der Waals surface area contributed by atoms with Gasteiger partial charge in [-0.15, -0.1) is 0 Å². The van der Waals surface area contributed by atoms with Gasteiger partial charge in [0.05, 0.1) is 8.95 Å². The van der Waals surface area contributed by atoms with Gasteiger partial charge in [-0.3, -0.25) is 0 Å². The number of aromatic hydroxyl groups is 1. The predicted molar refractivity (Wildman–Crippen MR) is 97.8 cm³/mol. The van der Waals surface area contributed by atoms with Gasteiger partial charge in [-0.1, -0.05) is 38.6 Å². The minimum atomic E-state index is -0.199. The maximum absolute atomic E-state index is 9.66. The van der Waals surface area contributed by atoms with Crippen LogP contribution in [0.3, 0.4) is 0 Å². The van der Waals surface area contributed by atoms with Gasteiger partial charge in [0.1, 0.15) is 18.1 Å². The lowest BCUT2D eigenvalue weighted by Crippen LogP contribution is -2.19. The van der Waals surface area contributed by atoms with E-state index in [1.165, 1.54) is 0 Å². The van der Waals surface area contributed by atoms with E-state index < -0.39 is 0 Å². The Kier molecular flexibility index (Phi) is 5.35. The smallest absolute Gasteiger partial charge is 0.133 e. The van der Waals surface area contributed by atoms with Crippen molar-refractivity contribution in [3.63, 3.8) is 0 Å². The number of phenols is 1. The summed E-state index contributed by atoms with van der Waals surface area (Å²) in [5.41, 5.74) is 2.07. The van der Waals surface area contributed by atoms with Crippen molar-refractivity contribution in [2.45, 2.75) is 19.3 Å². The van der Waals surface area contributed by atoms with E-state index in [2.05, 4.69) is 64.4 Å². The molecule has 0 aliphatic heterocycles. The van der Waals surface area contributed by atoms with Gasteiger partial charge < -0.3 is 9.84 Å². The molecular formula is C18H18Br2O2. The average Bonchev–Trinajstić information content (AvgIpc) is 2.48. The number of hydrogen-bond donors (Lipinski definition) is 1. The van der Waals surface area contributed by atoms with Crippen LogP contribution in [0.25, 0.3) is 0 Å². The van der Waals surface area contributed by atoms with Crippen LogP contribution >= 0.6 is 31.9 Å². The van der Waals surface area contributed by atoms with E-state index in [1.54, 1.807) is 12.1 Å². The SMILES string of the molecule is C=CCOc1ccc(C(C)(C)c2ccc(O)c(Br)c2)cc1Br. The molecule has 2 aromatic carbocycles. The standard InChI is InChI=1S/C18H18Br2O2/c1-4-9-22-17-8-6-13(11-15(17)20)18(2,3)12-5-7-16(21)14(19)10-12/h4-8,10-11,21H,1,9H2,2-3H3. The van der Waals surface area contributed by atoms with E-state index >= 15 is 0 Å². The summed E-state index contributed by atoms with van der Waals surface area (Å²) in [4.78, 5) is 0. The minimum absolute atomic E-state index is 0.199. The van der Waals surface area contributed by atoms with Crippen LogP contribution in [0.4, 0.5) is 0 Å². The van der Waals surface area contributed by atoms with E-state index in [9.17, 15) is 5.11 Å². The first-order valence-electron chi connectivity index (χ1n) is 6.89. The average molecular weight is 426 g/mol. The van der Waals surface area contributed by atoms with Crippen LogP contribution in [0.5, 0.6) is 11.5 Å². The second kappa shape index (κ2) is 6.88. The summed E-state index contributed by atoms with van der Waals surface area (Å²) in [6.45, 7) is 8.43. The van der Waals surface area contributed by atoms with E-state index in [4.69, 9.17) is 4.74 Å². The van der Waals surface area contributed by atoms with Gasteiger partial charge in [0.25, 0.3) is 0 Å². The summed E-state index contributed by atoms with van der Waals surface area (Å²) in [7, 11) is 0. The zero-order chi connectivity index (χ0) is 16.3. The number of halogens is 2. The van der Waals surface area contributed by atoms with Crippen molar-refractivity contribution >= 4 is 31.9 Å². The van der Waals surface area contributed by atoms with Crippen molar-refractivity contribution < 1.29 is 9.84 Å². The van der Waals surface area contributed by atoms with Crippen molar-refractivity contribution in [2.75, 3.05) is 6.61 Å². The Balaban J connectivity index is 2.38. The molecule has 0 radical (unpaired) electrons. The lowest BCUT2D eigenvalue weighted by Gasteiger charge is -2.27. The van der Waals surface area contributed by atoms with Crippen LogP contribution in [0, 0.1) is 0 Å². The number of rotatable bonds is 5. The summed E-state index contributed by atoms with van der Waals surface area (Å²) in [6.07, 6.45) is 1.72. The van der Waals surface area contributed by atoms with Crippen molar-refractivity contribution in [1.82, 2.24) is 0 Å². The van der Waals surface area contributed by atoms with Gasteiger partial charge in [-0.25, -0.2) is 0 Å². The van der Waals surface area contributed by atoms with E-state index in [0.717, 1.165) is 21.3 Å². The van der Waals surface area contributed by atoms with Crippen LogP contribution in [0.1, 0.15) is 25.0 Å². The molecule has 2 nitrogen and oxygen atoms in total. The largest absolute Gasteiger partial charge is 0.507 e. The normalized spacial score (nSPS) is 11.3. The molecule has 0 unspecified atom stereocenters. The Morgan fingerprint density at radius 1 is 1.09 bits per heavy atom. The molecule has 1 N–H and O–H groups in total. The van der Waals surface area contributed by atoms with Crippen LogP contribution < -0.4 is 4.74 Å². The third-order valence-corrected chi connectivity index (χ3v) is 4.93. The summed E-state index contributed by atoms with van der Waals surface area (Å²) in [5.74, 6) is 1.04. The van der Waals surface area contributed by atoms with Crippen LogP contribution in [0.2, 0.25) is 0 Å². The number of benzene rings is 2. The van der Waals surface area contributed by atoms with Gasteiger partial charge in [0, 0.05) is 5.41 Å². The van der Waals surface area contributed by atoms with Gasteiger partial charge in [0.15, 0.2) is 0 Å². The minimum Gasteiger partial charge on any atom is -0.507 e. The molecule has 0 aliphatic rings. The first-order chi connectivity index (χ1) is 10.4. The Morgan fingerprint density at radius 2 is 1.68 bits per heavy atom. The fraction of sp³-hybridized carbons (Fsp3) is 0.222. The molecule has 0 fully saturated rings. The monoisotopic (exact) mass is 424 g/mol. The highest BCUT2D eigenvalue weighted by Crippen LogP contribution is 2.38. The molecule has 0 aliphatic carbocycles. The van der Waals surface area contributed by atoms with Crippen molar-refractivity contribution in [3.05, 3.63) is 69.1 Å². The first kappa shape index (κ1) is 17.1. The topological polar surface area (TPSA) is 29.5 Å². The molecule has 0 aromatic heterocycles. The third kappa shape index (κ3) is 3.55. The highest BCUT2D eigenvalue weighted by atomic mass is 79.9. The fourth-order valence-corrected chi connectivity index (χ4v) is 3.09. The molecule has 22 heavy (non-hydrogen) atoms. The molecule has 116 valence electrons. The summed E-state index contributed by atoms with van der Waals surface area (Å²) in [6, 6.07) is 11.7. The number of ether oxygens (including phenoxy) is 1. The highest BCUT2D eigenvalue weighted by Gasteiger charge is 2.24. The first-order valence-corrected chi connectivity index (χ1v) is 8.47.